The Balaban J connectivity index is 1.34. The number of aromatic nitrogens is 2. The van der Waals surface area contributed by atoms with E-state index in [1.807, 2.05) is 29.2 Å². The van der Waals surface area contributed by atoms with Crippen molar-refractivity contribution in [3.8, 4) is 5.75 Å². The van der Waals surface area contributed by atoms with Crippen molar-refractivity contribution in [2.75, 3.05) is 19.7 Å². The first-order valence-electron chi connectivity index (χ1n) is 9.30. The molecule has 1 aliphatic rings. The fourth-order valence-electron chi connectivity index (χ4n) is 3.56. The number of hydrogen-bond acceptors (Lipinski definition) is 3. The highest BCUT2D eigenvalue weighted by molar-refractivity contribution is 5.77. The number of halogens is 1. The summed E-state index contributed by atoms with van der Waals surface area (Å²) in [5.41, 5.74) is 1.99. The zero-order valence-electron chi connectivity index (χ0n) is 15.0. The van der Waals surface area contributed by atoms with Gasteiger partial charge in [0.15, 0.2) is 0 Å². The Morgan fingerprint density at radius 3 is 3.00 bits per heavy atom. The summed E-state index contributed by atoms with van der Waals surface area (Å²) in [5, 5.41) is 0. The van der Waals surface area contributed by atoms with Gasteiger partial charge < -0.3 is 14.6 Å². The van der Waals surface area contributed by atoms with Crippen LogP contribution < -0.4 is 4.74 Å². The van der Waals surface area contributed by atoms with Crippen LogP contribution in [0.15, 0.2) is 48.5 Å². The van der Waals surface area contributed by atoms with Crippen molar-refractivity contribution in [1.82, 2.24) is 14.9 Å². The molecule has 1 saturated heterocycles. The van der Waals surface area contributed by atoms with Crippen LogP contribution in [0.3, 0.4) is 0 Å². The first kappa shape index (κ1) is 17.5. The van der Waals surface area contributed by atoms with E-state index < -0.39 is 0 Å². The molecule has 1 aliphatic heterocycles. The highest BCUT2D eigenvalue weighted by Crippen LogP contribution is 2.27. The zero-order chi connectivity index (χ0) is 18.6. The molecule has 6 heteroatoms. The van der Waals surface area contributed by atoms with Crippen molar-refractivity contribution < 1.29 is 13.9 Å². The van der Waals surface area contributed by atoms with Crippen molar-refractivity contribution in [2.45, 2.75) is 25.2 Å². The summed E-state index contributed by atoms with van der Waals surface area (Å²) in [4.78, 5) is 22.5. The van der Waals surface area contributed by atoms with Crippen molar-refractivity contribution >= 4 is 16.9 Å². The molecule has 140 valence electrons. The lowest BCUT2D eigenvalue weighted by Crippen LogP contribution is -2.39. The largest absolute Gasteiger partial charge is 0.493 e. The number of likely N-dealkylation sites (tertiary alicyclic amines) is 1. The van der Waals surface area contributed by atoms with Crippen LogP contribution in [0.5, 0.6) is 5.75 Å². The van der Waals surface area contributed by atoms with Gasteiger partial charge in [-0.3, -0.25) is 4.79 Å². The fraction of sp³-hybridized carbons (Fsp3) is 0.333. The van der Waals surface area contributed by atoms with Crippen LogP contribution in [0.4, 0.5) is 4.39 Å². The van der Waals surface area contributed by atoms with Gasteiger partial charge in [0.25, 0.3) is 0 Å². The minimum atomic E-state index is -0.344. The second-order valence-electron chi connectivity index (χ2n) is 6.87. The summed E-state index contributed by atoms with van der Waals surface area (Å²) in [6.45, 7) is 1.67. The molecule has 0 bridgehead atoms. The van der Waals surface area contributed by atoms with E-state index in [1.54, 1.807) is 12.1 Å². The summed E-state index contributed by atoms with van der Waals surface area (Å²) in [6.07, 6.45) is 2.25. The average Bonchev–Trinajstić information content (AvgIpc) is 3.12. The molecule has 0 unspecified atom stereocenters. The van der Waals surface area contributed by atoms with Gasteiger partial charge in [-0.15, -0.1) is 0 Å². The lowest BCUT2D eigenvalue weighted by Gasteiger charge is -2.32. The summed E-state index contributed by atoms with van der Waals surface area (Å²) in [5.74, 6) is 1.33. The molecule has 0 radical (unpaired) electrons. The lowest BCUT2D eigenvalue weighted by molar-refractivity contribution is -0.132. The number of para-hydroxylation sites is 2. The number of amides is 1. The Morgan fingerprint density at radius 1 is 1.26 bits per heavy atom. The number of carbonyl (C=O) groups is 1. The Bertz CT molecular complexity index is 907. The third-order valence-corrected chi connectivity index (χ3v) is 4.95. The van der Waals surface area contributed by atoms with Gasteiger partial charge >= 0.3 is 0 Å². The van der Waals surface area contributed by atoms with Crippen LogP contribution in [-0.4, -0.2) is 40.5 Å². The molecule has 0 saturated carbocycles. The van der Waals surface area contributed by atoms with Crippen LogP contribution >= 0.6 is 0 Å². The smallest absolute Gasteiger partial charge is 0.226 e. The molecule has 1 N–H and O–H groups in total. The van der Waals surface area contributed by atoms with E-state index in [2.05, 4.69) is 9.97 Å². The molecule has 3 aromatic rings. The van der Waals surface area contributed by atoms with Crippen LogP contribution in [0.25, 0.3) is 11.0 Å². The van der Waals surface area contributed by atoms with E-state index in [0.717, 1.165) is 36.2 Å². The van der Waals surface area contributed by atoms with E-state index in [0.29, 0.717) is 12.3 Å². The maximum Gasteiger partial charge on any atom is 0.226 e. The van der Waals surface area contributed by atoms with E-state index in [-0.39, 0.29) is 30.7 Å². The normalized spacial score (nSPS) is 17.2. The minimum Gasteiger partial charge on any atom is -0.493 e. The Hall–Kier alpha value is -2.89. The highest BCUT2D eigenvalue weighted by Gasteiger charge is 2.26. The molecule has 1 atom stereocenters. The van der Waals surface area contributed by atoms with E-state index in [9.17, 15) is 9.18 Å². The number of benzene rings is 2. The molecule has 27 heavy (non-hydrogen) atoms. The number of carbonyl (C=O) groups excluding carboxylic acids is 1. The second-order valence-corrected chi connectivity index (χ2v) is 6.87. The van der Waals surface area contributed by atoms with Crippen molar-refractivity contribution in [2.24, 2.45) is 0 Å². The standard InChI is InChI=1S/C21H22FN3O2/c22-16-6-3-7-17(13-16)27-12-10-20(26)25-11-4-5-15(14-25)21-23-18-8-1-2-9-19(18)24-21/h1-3,6-9,13,15H,4-5,10-12,14H2,(H,23,24)/t15-/m1/s1. The number of rotatable bonds is 5. The van der Waals surface area contributed by atoms with Crippen LogP contribution in [-0.2, 0) is 4.79 Å². The lowest BCUT2D eigenvalue weighted by atomic mass is 9.97. The van der Waals surface area contributed by atoms with E-state index >= 15 is 0 Å². The van der Waals surface area contributed by atoms with Gasteiger partial charge in [-0.1, -0.05) is 18.2 Å². The van der Waals surface area contributed by atoms with Gasteiger partial charge in [0, 0.05) is 25.1 Å². The Kier molecular flexibility index (Phi) is 5.05. The first-order chi connectivity index (χ1) is 13.2. The van der Waals surface area contributed by atoms with Crippen LogP contribution in [0.1, 0.15) is 31.0 Å². The molecule has 0 aliphatic carbocycles. The predicted octanol–water partition coefficient (Wildman–Crippen LogP) is 3.88. The Morgan fingerprint density at radius 2 is 2.15 bits per heavy atom. The monoisotopic (exact) mass is 367 g/mol. The summed E-state index contributed by atoms with van der Waals surface area (Å²) >= 11 is 0. The van der Waals surface area contributed by atoms with Crippen molar-refractivity contribution in [3.05, 3.63) is 60.2 Å². The third-order valence-electron chi connectivity index (χ3n) is 4.95. The Labute approximate surface area is 157 Å². The summed E-state index contributed by atoms with van der Waals surface area (Å²) < 4.78 is 18.7. The maximum atomic E-state index is 13.2. The predicted molar refractivity (Wildman–Crippen MR) is 101 cm³/mol. The molecule has 1 amide bonds. The maximum absolute atomic E-state index is 13.2. The molecule has 5 nitrogen and oxygen atoms in total. The van der Waals surface area contributed by atoms with Crippen LogP contribution in [0, 0.1) is 5.82 Å². The van der Waals surface area contributed by atoms with Crippen LogP contribution in [0.2, 0.25) is 0 Å². The number of nitrogens with zero attached hydrogens (tertiary/aromatic N) is 2. The molecule has 2 aromatic carbocycles. The number of nitrogens with one attached hydrogen (secondary N) is 1. The SMILES string of the molecule is O=C(CCOc1cccc(F)c1)N1CCC[C@@H](c2nc3ccccc3[nH]2)C1. The molecule has 1 fully saturated rings. The summed E-state index contributed by atoms with van der Waals surface area (Å²) in [7, 11) is 0. The van der Waals surface area contributed by atoms with E-state index in [1.165, 1.54) is 12.1 Å². The number of aromatic amines is 1. The number of H-pyrrole nitrogens is 1. The molecular formula is C21H22FN3O2. The average molecular weight is 367 g/mol. The van der Waals surface area contributed by atoms with Gasteiger partial charge in [-0.25, -0.2) is 9.37 Å². The molecule has 1 aromatic heterocycles. The molecular weight excluding hydrogens is 345 g/mol. The fourth-order valence-corrected chi connectivity index (χ4v) is 3.56. The van der Waals surface area contributed by atoms with Gasteiger partial charge in [-0.05, 0) is 37.1 Å². The first-order valence-corrected chi connectivity index (χ1v) is 9.30. The van der Waals surface area contributed by atoms with Gasteiger partial charge in [-0.2, -0.15) is 0 Å². The zero-order valence-corrected chi connectivity index (χ0v) is 15.0. The van der Waals surface area contributed by atoms with Crippen molar-refractivity contribution in [3.63, 3.8) is 0 Å². The minimum absolute atomic E-state index is 0.0622. The second kappa shape index (κ2) is 7.78. The van der Waals surface area contributed by atoms with E-state index in [4.69, 9.17) is 4.74 Å². The van der Waals surface area contributed by atoms with Crippen molar-refractivity contribution in [1.29, 1.82) is 0 Å². The number of ether oxygens (including phenoxy) is 1. The van der Waals surface area contributed by atoms with Gasteiger partial charge in [0.05, 0.1) is 24.1 Å². The number of fused-ring (bicyclic) bond motifs is 1. The molecule has 2 heterocycles. The number of piperidine rings is 1. The number of imidazole rings is 1. The third kappa shape index (κ3) is 4.10. The van der Waals surface area contributed by atoms with Gasteiger partial charge in [0.2, 0.25) is 5.91 Å². The quantitative estimate of drug-likeness (QED) is 0.745. The summed E-state index contributed by atoms with van der Waals surface area (Å²) in [6, 6.07) is 13.9. The highest BCUT2D eigenvalue weighted by atomic mass is 19.1. The molecule has 4 rings (SSSR count). The topological polar surface area (TPSA) is 58.2 Å². The number of hydrogen-bond donors (Lipinski definition) is 1. The molecule has 0 spiro atoms. The van der Waals surface area contributed by atoms with Gasteiger partial charge in [0.1, 0.15) is 17.4 Å².